The van der Waals surface area contributed by atoms with Crippen LogP contribution in [-0.2, 0) is 17.7 Å². The number of H-pyrrole nitrogens is 1. The van der Waals surface area contributed by atoms with Crippen molar-refractivity contribution in [2.24, 2.45) is 5.92 Å². The molecule has 2 N–H and O–H groups in total. The van der Waals surface area contributed by atoms with Crippen LogP contribution in [0.25, 0.3) is 0 Å². The lowest BCUT2D eigenvalue weighted by molar-refractivity contribution is -0.0508. The molecule has 0 spiro atoms. The SMILES string of the molecule is O=Cc1n[nH]c2c1CNC(C1COC1)C2. The van der Waals surface area contributed by atoms with E-state index in [-0.39, 0.29) is 0 Å². The smallest absolute Gasteiger partial charge is 0.170 e. The zero-order valence-corrected chi connectivity index (χ0v) is 8.32. The topological polar surface area (TPSA) is 67.0 Å². The first-order chi connectivity index (χ1) is 7.38. The molecule has 80 valence electrons. The fraction of sp³-hybridized carbons (Fsp3) is 0.600. The minimum absolute atomic E-state index is 0.464. The van der Waals surface area contributed by atoms with E-state index in [1.165, 1.54) is 0 Å². The molecule has 3 heterocycles. The molecule has 0 aliphatic carbocycles. The van der Waals surface area contributed by atoms with Crippen LogP contribution in [0.15, 0.2) is 0 Å². The first-order valence-electron chi connectivity index (χ1n) is 5.21. The highest BCUT2D eigenvalue weighted by molar-refractivity contribution is 5.74. The Labute approximate surface area is 87.2 Å². The second kappa shape index (κ2) is 3.43. The predicted molar refractivity (Wildman–Crippen MR) is 52.6 cm³/mol. The lowest BCUT2D eigenvalue weighted by Crippen LogP contribution is -2.49. The van der Waals surface area contributed by atoms with Gasteiger partial charge >= 0.3 is 0 Å². The summed E-state index contributed by atoms with van der Waals surface area (Å²) in [7, 11) is 0. The van der Waals surface area contributed by atoms with Gasteiger partial charge in [-0.1, -0.05) is 0 Å². The fourth-order valence-corrected chi connectivity index (χ4v) is 2.23. The van der Waals surface area contributed by atoms with Gasteiger partial charge in [0.2, 0.25) is 0 Å². The van der Waals surface area contributed by atoms with Crippen LogP contribution in [0, 0.1) is 5.92 Å². The van der Waals surface area contributed by atoms with E-state index in [1.54, 1.807) is 0 Å². The third kappa shape index (κ3) is 1.39. The molecule has 0 bridgehead atoms. The Bertz CT molecular complexity index is 384. The monoisotopic (exact) mass is 207 g/mol. The highest BCUT2D eigenvalue weighted by Gasteiger charge is 2.32. The number of nitrogens with one attached hydrogen (secondary N) is 2. The van der Waals surface area contributed by atoms with Gasteiger partial charge in [-0.3, -0.25) is 9.89 Å². The fourth-order valence-electron chi connectivity index (χ4n) is 2.23. The van der Waals surface area contributed by atoms with E-state index in [0.717, 1.165) is 43.7 Å². The highest BCUT2D eigenvalue weighted by Crippen LogP contribution is 2.24. The molecule has 1 saturated heterocycles. The molecule has 1 fully saturated rings. The number of aromatic nitrogens is 2. The average Bonchev–Trinajstić information content (AvgIpc) is 2.57. The average molecular weight is 207 g/mol. The Hall–Kier alpha value is -1.20. The zero-order chi connectivity index (χ0) is 10.3. The summed E-state index contributed by atoms with van der Waals surface area (Å²) in [5, 5.41) is 10.4. The van der Waals surface area contributed by atoms with Crippen molar-refractivity contribution in [3.63, 3.8) is 0 Å². The summed E-state index contributed by atoms with van der Waals surface area (Å²) in [5.41, 5.74) is 2.68. The minimum atomic E-state index is 0.464. The Morgan fingerprint density at radius 3 is 3.00 bits per heavy atom. The van der Waals surface area contributed by atoms with E-state index in [0.29, 0.717) is 17.7 Å². The van der Waals surface area contributed by atoms with E-state index >= 15 is 0 Å². The Morgan fingerprint density at radius 2 is 2.33 bits per heavy atom. The van der Waals surface area contributed by atoms with Crippen LogP contribution in [0.4, 0.5) is 0 Å². The standard InChI is InChI=1S/C10H13N3O2/c14-3-10-7-2-11-8(6-4-15-5-6)1-9(7)12-13-10/h3,6,8,11H,1-2,4-5H2,(H,12,13). The maximum absolute atomic E-state index is 10.7. The molecular weight excluding hydrogens is 194 g/mol. The van der Waals surface area contributed by atoms with Crippen LogP contribution < -0.4 is 5.32 Å². The van der Waals surface area contributed by atoms with Crippen molar-refractivity contribution in [1.82, 2.24) is 15.5 Å². The molecular formula is C10H13N3O2. The van der Waals surface area contributed by atoms with E-state index in [2.05, 4.69) is 15.5 Å². The first-order valence-corrected chi connectivity index (χ1v) is 5.21. The number of ether oxygens (including phenoxy) is 1. The van der Waals surface area contributed by atoms with Gasteiger partial charge in [0.15, 0.2) is 6.29 Å². The Morgan fingerprint density at radius 1 is 1.47 bits per heavy atom. The van der Waals surface area contributed by atoms with Crippen molar-refractivity contribution in [2.45, 2.75) is 19.0 Å². The zero-order valence-electron chi connectivity index (χ0n) is 8.32. The lowest BCUT2D eigenvalue weighted by atomic mass is 9.90. The van der Waals surface area contributed by atoms with E-state index in [4.69, 9.17) is 4.74 Å². The summed E-state index contributed by atoms with van der Waals surface area (Å²) in [6, 6.07) is 0.464. The third-order valence-electron chi connectivity index (χ3n) is 3.29. The van der Waals surface area contributed by atoms with Gasteiger partial charge in [-0.25, -0.2) is 0 Å². The third-order valence-corrected chi connectivity index (χ3v) is 3.29. The normalized spacial score (nSPS) is 25.7. The molecule has 2 aliphatic rings. The number of aldehydes is 1. The van der Waals surface area contributed by atoms with Crippen LogP contribution in [0.5, 0.6) is 0 Å². The van der Waals surface area contributed by atoms with Gasteiger partial charge in [-0.15, -0.1) is 0 Å². The van der Waals surface area contributed by atoms with Crippen molar-refractivity contribution in [3.8, 4) is 0 Å². The number of hydrogen-bond donors (Lipinski definition) is 2. The maximum atomic E-state index is 10.7. The quantitative estimate of drug-likeness (QED) is 0.664. The van der Waals surface area contributed by atoms with E-state index in [9.17, 15) is 4.79 Å². The number of aromatic amines is 1. The molecule has 15 heavy (non-hydrogen) atoms. The molecule has 0 saturated carbocycles. The number of hydrogen-bond acceptors (Lipinski definition) is 4. The number of fused-ring (bicyclic) bond motifs is 1. The molecule has 0 amide bonds. The number of carbonyl (C=O) groups excluding carboxylic acids is 1. The van der Waals surface area contributed by atoms with Crippen molar-refractivity contribution in [3.05, 3.63) is 17.0 Å². The second-order valence-corrected chi connectivity index (χ2v) is 4.17. The van der Waals surface area contributed by atoms with Crippen LogP contribution in [0.3, 0.4) is 0 Å². The molecule has 0 radical (unpaired) electrons. The van der Waals surface area contributed by atoms with Gasteiger partial charge in [0.05, 0.1) is 13.2 Å². The van der Waals surface area contributed by atoms with Crippen LogP contribution in [-0.4, -0.2) is 35.7 Å². The largest absolute Gasteiger partial charge is 0.381 e. The van der Waals surface area contributed by atoms with Crippen LogP contribution in [0.1, 0.15) is 21.7 Å². The lowest BCUT2D eigenvalue weighted by Gasteiger charge is -2.36. The summed E-state index contributed by atoms with van der Waals surface area (Å²) in [6.45, 7) is 2.43. The number of rotatable bonds is 2. The summed E-state index contributed by atoms with van der Waals surface area (Å²) in [4.78, 5) is 10.7. The van der Waals surface area contributed by atoms with E-state index in [1.807, 2.05) is 0 Å². The van der Waals surface area contributed by atoms with E-state index < -0.39 is 0 Å². The number of nitrogens with zero attached hydrogens (tertiary/aromatic N) is 1. The van der Waals surface area contributed by atoms with Crippen molar-refractivity contribution >= 4 is 6.29 Å². The Kier molecular flexibility index (Phi) is 2.07. The molecule has 2 aliphatic heterocycles. The highest BCUT2D eigenvalue weighted by atomic mass is 16.5. The Balaban J connectivity index is 1.80. The molecule has 5 nitrogen and oxygen atoms in total. The van der Waals surface area contributed by atoms with Gasteiger partial charge in [0, 0.05) is 36.2 Å². The summed E-state index contributed by atoms with van der Waals surface area (Å²) >= 11 is 0. The molecule has 1 unspecified atom stereocenters. The molecule has 3 rings (SSSR count). The number of carbonyl (C=O) groups is 1. The minimum Gasteiger partial charge on any atom is -0.381 e. The van der Waals surface area contributed by atoms with Gasteiger partial charge in [-0.2, -0.15) is 5.10 Å². The maximum Gasteiger partial charge on any atom is 0.170 e. The van der Waals surface area contributed by atoms with Gasteiger partial charge in [0.25, 0.3) is 0 Å². The van der Waals surface area contributed by atoms with Gasteiger partial charge < -0.3 is 10.1 Å². The second-order valence-electron chi connectivity index (χ2n) is 4.17. The summed E-state index contributed by atoms with van der Waals surface area (Å²) in [5.74, 6) is 0.612. The predicted octanol–water partition coefficient (Wildman–Crippen LogP) is -0.117. The van der Waals surface area contributed by atoms with Crippen molar-refractivity contribution in [1.29, 1.82) is 0 Å². The van der Waals surface area contributed by atoms with Crippen LogP contribution in [0.2, 0.25) is 0 Å². The van der Waals surface area contributed by atoms with Crippen molar-refractivity contribution in [2.75, 3.05) is 13.2 Å². The summed E-state index contributed by atoms with van der Waals surface area (Å²) in [6.07, 6.45) is 1.73. The first kappa shape index (κ1) is 9.06. The molecule has 1 atom stereocenters. The van der Waals surface area contributed by atoms with Crippen molar-refractivity contribution < 1.29 is 9.53 Å². The molecule has 1 aromatic heterocycles. The molecule has 0 aromatic carbocycles. The van der Waals surface area contributed by atoms with Crippen LogP contribution >= 0.6 is 0 Å². The van der Waals surface area contributed by atoms with Gasteiger partial charge in [0.1, 0.15) is 5.69 Å². The van der Waals surface area contributed by atoms with Gasteiger partial charge in [-0.05, 0) is 0 Å². The molecule has 5 heteroatoms. The summed E-state index contributed by atoms with van der Waals surface area (Å²) < 4.78 is 5.18. The molecule has 1 aromatic rings.